The highest BCUT2D eigenvalue weighted by Gasteiger charge is 2.35. The van der Waals surface area contributed by atoms with E-state index in [9.17, 15) is 4.79 Å². The second kappa shape index (κ2) is 9.16. The molecular formula is C25H34N4O3. The first-order valence-electron chi connectivity index (χ1n) is 11.4. The Morgan fingerprint density at radius 3 is 2.56 bits per heavy atom. The second-order valence-corrected chi connectivity index (χ2v) is 9.94. The molecule has 1 aromatic carbocycles. The Morgan fingerprint density at radius 2 is 1.91 bits per heavy atom. The Balaban J connectivity index is 1.55. The molecule has 1 saturated heterocycles. The van der Waals surface area contributed by atoms with Crippen molar-refractivity contribution in [3.05, 3.63) is 52.8 Å². The van der Waals surface area contributed by atoms with E-state index in [0.717, 1.165) is 48.7 Å². The maximum Gasteiger partial charge on any atom is 0.251 e. The largest absolute Gasteiger partial charge is 0.380 e. The second-order valence-electron chi connectivity index (χ2n) is 9.94. The van der Waals surface area contributed by atoms with E-state index in [4.69, 9.17) is 14.5 Å². The van der Waals surface area contributed by atoms with E-state index in [2.05, 4.69) is 42.9 Å². The number of fused-ring (bicyclic) bond motifs is 1. The van der Waals surface area contributed by atoms with E-state index in [1.54, 1.807) is 7.11 Å². The molecule has 2 aliphatic rings. The van der Waals surface area contributed by atoms with Crippen molar-refractivity contribution >= 4 is 11.9 Å². The first-order valence-corrected chi connectivity index (χ1v) is 11.4. The van der Waals surface area contributed by atoms with Crippen LogP contribution >= 0.6 is 0 Å². The van der Waals surface area contributed by atoms with Crippen LogP contribution in [0.4, 0.5) is 5.95 Å². The number of amides is 1. The summed E-state index contributed by atoms with van der Waals surface area (Å²) in [4.78, 5) is 24.8. The Bertz CT molecular complexity index is 950. The van der Waals surface area contributed by atoms with Crippen molar-refractivity contribution in [2.45, 2.75) is 65.4 Å². The van der Waals surface area contributed by atoms with Crippen molar-refractivity contribution in [2.24, 2.45) is 5.41 Å². The number of ether oxygens (including phenoxy) is 2. The highest BCUT2D eigenvalue weighted by atomic mass is 16.5. The standard InChI is InChI=1S/C25H34N4O3/c1-16-13-29(14-17(2)32-16)24-26-12-20-21(10-25(3,4)11-22(20)28-24)27-23(30)19-8-6-18(7-9-19)15-31-5/h6-9,12,16-17,21H,10-11,13-15H2,1-5H3,(H,27,30)/t16-,17+,21-/m0/s1. The Labute approximate surface area is 190 Å². The molecule has 1 aliphatic heterocycles. The number of carbonyl (C=O) groups excluding carboxylic acids is 1. The van der Waals surface area contributed by atoms with Crippen LogP contribution in [-0.4, -0.2) is 48.3 Å². The number of rotatable bonds is 5. The molecule has 2 heterocycles. The molecule has 2 aromatic rings. The first-order chi connectivity index (χ1) is 15.2. The average molecular weight is 439 g/mol. The van der Waals surface area contributed by atoms with Gasteiger partial charge in [0.25, 0.3) is 5.91 Å². The molecule has 1 aliphatic carbocycles. The summed E-state index contributed by atoms with van der Waals surface area (Å²) in [7, 11) is 1.66. The fourth-order valence-corrected chi connectivity index (χ4v) is 4.82. The molecule has 0 unspecified atom stereocenters. The van der Waals surface area contributed by atoms with Crippen molar-refractivity contribution in [3.8, 4) is 0 Å². The number of morpholine rings is 1. The molecule has 0 bridgehead atoms. The van der Waals surface area contributed by atoms with Gasteiger partial charge in [-0.2, -0.15) is 0 Å². The number of anilines is 1. The van der Waals surface area contributed by atoms with E-state index in [1.165, 1.54) is 0 Å². The van der Waals surface area contributed by atoms with Gasteiger partial charge in [-0.15, -0.1) is 0 Å². The predicted octanol–water partition coefficient (Wildman–Crippen LogP) is 3.68. The molecule has 1 amide bonds. The van der Waals surface area contributed by atoms with Crippen LogP contribution in [0, 0.1) is 5.41 Å². The Hall–Kier alpha value is -2.51. The van der Waals surface area contributed by atoms with Gasteiger partial charge in [0.15, 0.2) is 0 Å². The van der Waals surface area contributed by atoms with E-state index < -0.39 is 0 Å². The van der Waals surface area contributed by atoms with Gasteiger partial charge in [0, 0.05) is 37.5 Å². The molecule has 0 radical (unpaired) electrons. The minimum atomic E-state index is -0.114. The summed E-state index contributed by atoms with van der Waals surface area (Å²) in [6.45, 7) is 10.7. The van der Waals surface area contributed by atoms with Crippen molar-refractivity contribution in [1.29, 1.82) is 0 Å². The van der Waals surface area contributed by atoms with E-state index in [-0.39, 0.29) is 29.6 Å². The van der Waals surface area contributed by atoms with Crippen LogP contribution in [0.3, 0.4) is 0 Å². The average Bonchev–Trinajstić information content (AvgIpc) is 2.72. The van der Waals surface area contributed by atoms with Gasteiger partial charge in [0.2, 0.25) is 5.95 Å². The zero-order valence-electron chi connectivity index (χ0n) is 19.7. The Kier molecular flexibility index (Phi) is 6.49. The smallest absolute Gasteiger partial charge is 0.251 e. The number of aromatic nitrogens is 2. The summed E-state index contributed by atoms with van der Waals surface area (Å²) in [6, 6.07) is 7.43. The zero-order chi connectivity index (χ0) is 22.9. The third-order valence-electron chi connectivity index (χ3n) is 6.20. The van der Waals surface area contributed by atoms with Crippen LogP contribution in [0.5, 0.6) is 0 Å². The normalized spacial score (nSPS) is 24.7. The lowest BCUT2D eigenvalue weighted by Gasteiger charge is -2.38. The van der Waals surface area contributed by atoms with Crippen LogP contribution in [0.2, 0.25) is 0 Å². The number of hydrogen-bond donors (Lipinski definition) is 1. The number of nitrogens with one attached hydrogen (secondary N) is 1. The maximum absolute atomic E-state index is 13.0. The lowest BCUT2D eigenvalue weighted by Crippen LogP contribution is -2.46. The van der Waals surface area contributed by atoms with Gasteiger partial charge < -0.3 is 19.7 Å². The van der Waals surface area contributed by atoms with Gasteiger partial charge in [-0.25, -0.2) is 9.97 Å². The molecule has 32 heavy (non-hydrogen) atoms. The lowest BCUT2D eigenvalue weighted by atomic mass is 9.74. The number of benzene rings is 1. The van der Waals surface area contributed by atoms with E-state index in [0.29, 0.717) is 12.2 Å². The van der Waals surface area contributed by atoms with Crippen molar-refractivity contribution < 1.29 is 14.3 Å². The van der Waals surface area contributed by atoms with Crippen LogP contribution in [0.25, 0.3) is 0 Å². The molecule has 3 atom stereocenters. The molecule has 0 saturated carbocycles. The highest BCUT2D eigenvalue weighted by Crippen LogP contribution is 2.40. The first kappa shape index (κ1) is 22.7. The van der Waals surface area contributed by atoms with Gasteiger partial charge in [-0.05, 0) is 49.8 Å². The minimum absolute atomic E-state index is 0.0322. The summed E-state index contributed by atoms with van der Waals surface area (Å²) < 4.78 is 11.0. The molecule has 0 spiro atoms. The van der Waals surface area contributed by atoms with Gasteiger partial charge >= 0.3 is 0 Å². The Morgan fingerprint density at radius 1 is 1.22 bits per heavy atom. The topological polar surface area (TPSA) is 76.6 Å². The fraction of sp³-hybridized carbons (Fsp3) is 0.560. The lowest BCUT2D eigenvalue weighted by molar-refractivity contribution is -0.00575. The summed E-state index contributed by atoms with van der Waals surface area (Å²) in [5.74, 6) is 0.671. The quantitative estimate of drug-likeness (QED) is 0.767. The number of methoxy groups -OCH3 is 1. The summed E-state index contributed by atoms with van der Waals surface area (Å²) in [5, 5.41) is 3.23. The SMILES string of the molecule is COCc1ccc(C(=O)N[C@H]2CC(C)(C)Cc3nc(N4C[C@@H](C)O[C@@H](C)C4)ncc32)cc1. The zero-order valence-corrected chi connectivity index (χ0v) is 19.7. The summed E-state index contributed by atoms with van der Waals surface area (Å²) in [6.07, 6.45) is 3.92. The molecule has 1 fully saturated rings. The molecule has 4 rings (SSSR count). The van der Waals surface area contributed by atoms with Crippen LogP contribution < -0.4 is 10.2 Å². The van der Waals surface area contributed by atoms with Crippen molar-refractivity contribution in [3.63, 3.8) is 0 Å². The van der Waals surface area contributed by atoms with Crippen molar-refractivity contribution in [2.75, 3.05) is 25.1 Å². The van der Waals surface area contributed by atoms with Gasteiger partial charge in [-0.1, -0.05) is 26.0 Å². The summed E-state index contributed by atoms with van der Waals surface area (Å²) in [5.41, 5.74) is 3.76. The van der Waals surface area contributed by atoms with Gasteiger partial charge in [-0.3, -0.25) is 4.79 Å². The number of carbonyl (C=O) groups is 1. The molecule has 7 nitrogen and oxygen atoms in total. The highest BCUT2D eigenvalue weighted by molar-refractivity contribution is 5.94. The third-order valence-corrected chi connectivity index (χ3v) is 6.20. The minimum Gasteiger partial charge on any atom is -0.380 e. The maximum atomic E-state index is 13.0. The van der Waals surface area contributed by atoms with E-state index in [1.807, 2.05) is 30.5 Å². The van der Waals surface area contributed by atoms with Gasteiger partial charge in [0.05, 0.1) is 30.6 Å². The van der Waals surface area contributed by atoms with Crippen LogP contribution in [0.1, 0.15) is 67.3 Å². The summed E-state index contributed by atoms with van der Waals surface area (Å²) >= 11 is 0. The van der Waals surface area contributed by atoms with E-state index >= 15 is 0 Å². The molecule has 7 heteroatoms. The van der Waals surface area contributed by atoms with Crippen LogP contribution in [0.15, 0.2) is 30.5 Å². The number of hydrogen-bond acceptors (Lipinski definition) is 6. The predicted molar refractivity (Wildman–Crippen MR) is 124 cm³/mol. The number of nitrogens with zero attached hydrogens (tertiary/aromatic N) is 3. The monoisotopic (exact) mass is 438 g/mol. The molecule has 1 N–H and O–H groups in total. The molecule has 172 valence electrons. The fourth-order valence-electron chi connectivity index (χ4n) is 4.82. The molecular weight excluding hydrogens is 404 g/mol. The van der Waals surface area contributed by atoms with Crippen molar-refractivity contribution in [1.82, 2.24) is 15.3 Å². The third kappa shape index (κ3) is 5.10. The van der Waals surface area contributed by atoms with Gasteiger partial charge in [0.1, 0.15) is 0 Å². The molecule has 1 aromatic heterocycles. The van der Waals surface area contributed by atoms with Crippen LogP contribution in [-0.2, 0) is 22.5 Å².